The van der Waals surface area contributed by atoms with Gasteiger partial charge in [-0.1, -0.05) is 12.1 Å². The van der Waals surface area contributed by atoms with Crippen LogP contribution in [0.4, 0.5) is 4.39 Å². The summed E-state index contributed by atoms with van der Waals surface area (Å²) in [6.45, 7) is 3.54. The summed E-state index contributed by atoms with van der Waals surface area (Å²) < 4.78 is 24.2. The van der Waals surface area contributed by atoms with E-state index in [1.165, 1.54) is 34.8 Å². The number of likely N-dealkylation sites (tertiary alicyclic amines) is 1. The van der Waals surface area contributed by atoms with E-state index in [0.29, 0.717) is 28.7 Å². The van der Waals surface area contributed by atoms with Crippen LogP contribution in [0.5, 0.6) is 5.75 Å². The molecule has 1 saturated heterocycles. The third-order valence-corrected chi connectivity index (χ3v) is 7.53. The molecule has 2 aromatic heterocycles. The number of aliphatic hydroxyl groups is 1. The molecule has 1 fully saturated rings. The molecule has 1 N–H and O–H groups in total. The summed E-state index contributed by atoms with van der Waals surface area (Å²) in [7, 11) is 0. The zero-order valence-electron chi connectivity index (χ0n) is 18.0. The first kappa shape index (κ1) is 25.6. The number of rotatable bonds is 10. The van der Waals surface area contributed by atoms with Gasteiger partial charge in [0.1, 0.15) is 11.6 Å². The van der Waals surface area contributed by atoms with Crippen molar-refractivity contribution in [3.05, 3.63) is 74.9 Å². The quantitative estimate of drug-likeness (QED) is 0.308. The van der Waals surface area contributed by atoms with Crippen LogP contribution < -0.4 is 4.74 Å². The fourth-order valence-corrected chi connectivity index (χ4v) is 5.56. The van der Waals surface area contributed by atoms with Crippen molar-refractivity contribution in [3.63, 3.8) is 0 Å². The lowest BCUT2D eigenvalue weighted by atomic mass is 10.00. The van der Waals surface area contributed by atoms with E-state index in [4.69, 9.17) is 9.47 Å². The van der Waals surface area contributed by atoms with Crippen molar-refractivity contribution in [2.45, 2.75) is 18.4 Å². The second-order valence-corrected chi connectivity index (χ2v) is 9.77. The van der Waals surface area contributed by atoms with Crippen LogP contribution in [0.15, 0.2) is 59.3 Å². The van der Waals surface area contributed by atoms with E-state index < -0.39 is 11.6 Å². The Morgan fingerprint density at radius 1 is 1.12 bits per heavy atom. The summed E-state index contributed by atoms with van der Waals surface area (Å²) in [5.41, 5.74) is -1.75. The fraction of sp³-hybridized carbons (Fsp3) is 0.375. The van der Waals surface area contributed by atoms with Crippen molar-refractivity contribution in [1.29, 1.82) is 0 Å². The summed E-state index contributed by atoms with van der Waals surface area (Å²) in [5, 5.41) is 15.0. The molecular formula is C24H27ClFNO4S2. The van der Waals surface area contributed by atoms with Crippen LogP contribution in [0.1, 0.15) is 22.6 Å². The van der Waals surface area contributed by atoms with Crippen molar-refractivity contribution >= 4 is 41.0 Å². The van der Waals surface area contributed by atoms with Crippen LogP contribution in [0.2, 0.25) is 0 Å². The van der Waals surface area contributed by atoms with Crippen LogP contribution in [0.3, 0.4) is 0 Å². The Labute approximate surface area is 207 Å². The van der Waals surface area contributed by atoms with Crippen LogP contribution >= 0.6 is 35.1 Å². The lowest BCUT2D eigenvalue weighted by Gasteiger charge is -2.24. The first-order valence-electron chi connectivity index (χ1n) is 10.6. The Bertz CT molecular complexity index is 948. The Hall–Kier alpha value is -1.97. The van der Waals surface area contributed by atoms with Crippen LogP contribution in [-0.2, 0) is 15.1 Å². The van der Waals surface area contributed by atoms with Crippen molar-refractivity contribution < 1.29 is 23.8 Å². The largest absolute Gasteiger partial charge is 0.494 e. The average Bonchev–Trinajstić information content (AvgIpc) is 3.58. The number of esters is 1. The standard InChI is InChI=1S/C24H26FNO4S2.ClH/c25-19-6-8-20(9-7-19)29-13-3-11-26-12-10-18(16-26)17-30-23(27)24(28,21-4-1-14-31-21)22-5-2-15-32-22;/h1-2,4-9,14-15,18,28H,3,10-13,16-17H2;1H. The molecule has 5 nitrogen and oxygen atoms in total. The molecule has 0 saturated carbocycles. The maximum Gasteiger partial charge on any atom is 0.349 e. The summed E-state index contributed by atoms with van der Waals surface area (Å²) in [5.74, 6) is 0.0217. The van der Waals surface area contributed by atoms with Gasteiger partial charge < -0.3 is 19.5 Å². The predicted octanol–water partition coefficient (Wildman–Crippen LogP) is 4.94. The Morgan fingerprint density at radius 3 is 2.39 bits per heavy atom. The van der Waals surface area contributed by atoms with E-state index in [9.17, 15) is 14.3 Å². The normalized spacial score (nSPS) is 16.4. The zero-order valence-corrected chi connectivity index (χ0v) is 20.5. The van der Waals surface area contributed by atoms with Gasteiger partial charge in [0.25, 0.3) is 0 Å². The number of benzene rings is 1. The number of carbonyl (C=O) groups excluding carboxylic acids is 1. The highest BCUT2D eigenvalue weighted by atomic mass is 35.5. The van der Waals surface area contributed by atoms with Crippen molar-refractivity contribution in [2.75, 3.05) is 32.8 Å². The van der Waals surface area contributed by atoms with Gasteiger partial charge in [-0.05, 0) is 66.5 Å². The van der Waals surface area contributed by atoms with Crippen LogP contribution in [0, 0.1) is 11.7 Å². The summed E-state index contributed by atoms with van der Waals surface area (Å²) in [6, 6.07) is 13.2. The molecule has 0 amide bonds. The smallest absolute Gasteiger partial charge is 0.349 e. The van der Waals surface area contributed by atoms with Gasteiger partial charge in [-0.15, -0.1) is 35.1 Å². The summed E-state index contributed by atoms with van der Waals surface area (Å²) in [4.78, 5) is 16.4. The van der Waals surface area contributed by atoms with E-state index in [-0.39, 0.29) is 24.1 Å². The molecule has 1 aliphatic rings. The van der Waals surface area contributed by atoms with Crippen molar-refractivity contribution in [2.24, 2.45) is 5.92 Å². The molecule has 0 radical (unpaired) electrons. The number of thiophene rings is 2. The Kier molecular flexibility index (Phi) is 9.28. The molecule has 1 aliphatic heterocycles. The second-order valence-electron chi connectivity index (χ2n) is 7.87. The van der Waals surface area contributed by atoms with Crippen LogP contribution in [-0.4, -0.2) is 48.8 Å². The molecule has 0 bridgehead atoms. The van der Waals surface area contributed by atoms with Crippen molar-refractivity contribution in [3.8, 4) is 5.75 Å². The number of hydrogen-bond donors (Lipinski definition) is 1. The van der Waals surface area contributed by atoms with Gasteiger partial charge >= 0.3 is 5.97 Å². The minimum atomic E-state index is -1.75. The lowest BCUT2D eigenvalue weighted by molar-refractivity contribution is -0.162. The van der Waals surface area contributed by atoms with E-state index in [0.717, 1.165) is 32.5 Å². The molecule has 3 heterocycles. The van der Waals surface area contributed by atoms with Gasteiger partial charge in [0.2, 0.25) is 5.60 Å². The first-order valence-corrected chi connectivity index (χ1v) is 12.4. The highest BCUT2D eigenvalue weighted by Gasteiger charge is 2.44. The third kappa shape index (κ3) is 6.33. The molecule has 0 aliphatic carbocycles. The van der Waals surface area contributed by atoms with Gasteiger partial charge in [0, 0.05) is 19.0 Å². The Balaban J connectivity index is 0.00000306. The fourth-order valence-electron chi connectivity index (χ4n) is 3.85. The topological polar surface area (TPSA) is 59.0 Å². The number of hydrogen-bond acceptors (Lipinski definition) is 7. The monoisotopic (exact) mass is 511 g/mol. The second kappa shape index (κ2) is 11.9. The van der Waals surface area contributed by atoms with Gasteiger partial charge in [0.15, 0.2) is 0 Å². The van der Waals surface area contributed by atoms with Gasteiger partial charge in [-0.2, -0.15) is 0 Å². The Morgan fingerprint density at radius 2 is 1.79 bits per heavy atom. The maximum absolute atomic E-state index is 13.0. The zero-order chi connectivity index (χ0) is 22.4. The molecule has 0 spiro atoms. The SMILES string of the molecule is Cl.O=C(OCC1CCN(CCCOc2ccc(F)cc2)C1)C(O)(c1cccs1)c1cccs1. The molecule has 33 heavy (non-hydrogen) atoms. The molecular weight excluding hydrogens is 485 g/mol. The molecule has 3 aromatic rings. The number of nitrogens with zero attached hydrogens (tertiary/aromatic N) is 1. The molecule has 1 aromatic carbocycles. The number of carbonyl (C=O) groups is 1. The van der Waals surface area contributed by atoms with E-state index in [2.05, 4.69) is 4.90 Å². The molecule has 9 heteroatoms. The highest BCUT2D eigenvalue weighted by Crippen LogP contribution is 2.37. The highest BCUT2D eigenvalue weighted by molar-refractivity contribution is 7.12. The molecule has 1 atom stereocenters. The van der Waals surface area contributed by atoms with E-state index in [1.54, 1.807) is 24.3 Å². The average molecular weight is 512 g/mol. The minimum Gasteiger partial charge on any atom is -0.494 e. The van der Waals surface area contributed by atoms with E-state index in [1.807, 2.05) is 22.9 Å². The first-order chi connectivity index (χ1) is 15.6. The minimum absolute atomic E-state index is 0. The van der Waals surface area contributed by atoms with Gasteiger partial charge in [-0.25, -0.2) is 9.18 Å². The molecule has 1 unspecified atom stereocenters. The third-order valence-electron chi connectivity index (χ3n) is 5.57. The number of ether oxygens (including phenoxy) is 2. The van der Waals surface area contributed by atoms with Gasteiger partial charge in [0.05, 0.1) is 23.0 Å². The van der Waals surface area contributed by atoms with Crippen molar-refractivity contribution in [1.82, 2.24) is 4.90 Å². The summed E-state index contributed by atoms with van der Waals surface area (Å²) >= 11 is 2.68. The lowest BCUT2D eigenvalue weighted by Crippen LogP contribution is -2.38. The van der Waals surface area contributed by atoms with Crippen LogP contribution in [0.25, 0.3) is 0 Å². The predicted molar refractivity (Wildman–Crippen MR) is 131 cm³/mol. The van der Waals surface area contributed by atoms with Gasteiger partial charge in [-0.3, -0.25) is 0 Å². The maximum atomic E-state index is 13.0. The molecule has 178 valence electrons. The summed E-state index contributed by atoms with van der Waals surface area (Å²) in [6.07, 6.45) is 1.81. The molecule has 4 rings (SSSR count). The van der Waals surface area contributed by atoms with E-state index >= 15 is 0 Å². The number of halogens is 2.